The van der Waals surface area contributed by atoms with Crippen LogP contribution in [0.1, 0.15) is 21.5 Å². The van der Waals surface area contributed by atoms with Crippen LogP contribution in [-0.4, -0.2) is 44.6 Å². The standard InChI is InChI=1S/C33H27ClN4O6/c1-42-27-14-13-20(32(40)35-21-10-5-4-6-11-21)16-26(27)37-38-30-22-12-8-7-9-19(22)15-23(31(30)39)33(41)36-25-17-24(34)28(43-2)18-29(25)44-3/h4-18,37H,1-3H3,(H,35,40)(H,36,41)/b38-30-. The number of para-hydroxylation sites is 1. The van der Waals surface area contributed by atoms with Crippen molar-refractivity contribution in [2.45, 2.75) is 0 Å². The Morgan fingerprint density at radius 2 is 1.43 bits per heavy atom. The molecule has 1 aliphatic carbocycles. The number of hydrogen-bond acceptors (Lipinski definition) is 8. The fourth-order valence-electron chi connectivity index (χ4n) is 4.51. The summed E-state index contributed by atoms with van der Waals surface area (Å²) in [7, 11) is 4.37. The molecule has 3 N–H and O–H groups in total. The molecule has 0 spiro atoms. The van der Waals surface area contributed by atoms with Crippen molar-refractivity contribution in [2.75, 3.05) is 37.4 Å². The molecular weight excluding hydrogens is 584 g/mol. The smallest absolute Gasteiger partial charge is 0.259 e. The summed E-state index contributed by atoms with van der Waals surface area (Å²) < 4.78 is 16.0. The van der Waals surface area contributed by atoms with Gasteiger partial charge < -0.3 is 24.8 Å². The highest BCUT2D eigenvalue weighted by atomic mass is 35.5. The van der Waals surface area contributed by atoms with Crippen LogP contribution >= 0.6 is 11.6 Å². The highest BCUT2D eigenvalue weighted by Crippen LogP contribution is 2.36. The average molecular weight is 611 g/mol. The highest BCUT2D eigenvalue weighted by molar-refractivity contribution is 6.59. The second kappa shape index (κ2) is 13.1. The van der Waals surface area contributed by atoms with Crippen LogP contribution in [0.15, 0.2) is 95.6 Å². The number of benzene rings is 4. The van der Waals surface area contributed by atoms with Crippen molar-refractivity contribution in [3.05, 3.63) is 112 Å². The van der Waals surface area contributed by atoms with Gasteiger partial charge in [-0.25, -0.2) is 0 Å². The van der Waals surface area contributed by atoms with Crippen molar-refractivity contribution in [3.63, 3.8) is 0 Å². The van der Waals surface area contributed by atoms with Gasteiger partial charge in [-0.15, -0.1) is 0 Å². The lowest BCUT2D eigenvalue weighted by Crippen LogP contribution is -2.30. The minimum absolute atomic E-state index is 0.00540. The molecule has 0 radical (unpaired) electrons. The third kappa shape index (κ3) is 6.25. The van der Waals surface area contributed by atoms with Gasteiger partial charge in [-0.1, -0.05) is 54.1 Å². The Hall–Kier alpha value is -5.61. The van der Waals surface area contributed by atoms with Crippen LogP contribution in [0.4, 0.5) is 17.1 Å². The molecule has 0 saturated heterocycles. The third-order valence-corrected chi connectivity index (χ3v) is 7.02. The molecule has 0 heterocycles. The Morgan fingerprint density at radius 3 is 2.16 bits per heavy atom. The fourth-order valence-corrected chi connectivity index (χ4v) is 4.75. The predicted molar refractivity (Wildman–Crippen MR) is 170 cm³/mol. The number of ketones is 1. The summed E-state index contributed by atoms with van der Waals surface area (Å²) in [6.45, 7) is 0. The van der Waals surface area contributed by atoms with E-state index in [0.717, 1.165) is 0 Å². The number of ether oxygens (including phenoxy) is 3. The van der Waals surface area contributed by atoms with Gasteiger partial charge in [0.15, 0.2) is 0 Å². The molecule has 11 heteroatoms. The number of carbonyl (C=O) groups is 3. The SMILES string of the molecule is COc1cc(OC)c(NC(=O)C2=Cc3ccccc3/C(=N/Nc3cc(C(=O)Nc4ccccc4)ccc3OC)C2=O)cc1Cl. The van der Waals surface area contributed by atoms with Crippen molar-refractivity contribution in [1.82, 2.24) is 0 Å². The molecule has 44 heavy (non-hydrogen) atoms. The Balaban J connectivity index is 1.45. The molecule has 222 valence electrons. The minimum atomic E-state index is -0.686. The normalized spacial score (nSPS) is 13.0. The first-order valence-corrected chi connectivity index (χ1v) is 13.7. The van der Waals surface area contributed by atoms with E-state index < -0.39 is 11.7 Å². The summed E-state index contributed by atoms with van der Waals surface area (Å²) in [5.41, 5.74) is 5.40. The number of nitrogens with one attached hydrogen (secondary N) is 3. The first kappa shape index (κ1) is 29.9. The predicted octanol–water partition coefficient (Wildman–Crippen LogP) is 6.04. The molecule has 0 bridgehead atoms. The van der Waals surface area contributed by atoms with Crippen molar-refractivity contribution >= 4 is 58.0 Å². The molecule has 2 amide bonds. The van der Waals surface area contributed by atoms with Crippen molar-refractivity contribution in [1.29, 1.82) is 0 Å². The van der Waals surface area contributed by atoms with Gasteiger partial charge in [0, 0.05) is 22.9 Å². The quantitative estimate of drug-likeness (QED) is 0.156. The molecule has 0 aliphatic heterocycles. The molecule has 1 aliphatic rings. The van der Waals surface area contributed by atoms with Crippen LogP contribution in [0.2, 0.25) is 5.02 Å². The van der Waals surface area contributed by atoms with Gasteiger partial charge in [-0.2, -0.15) is 5.10 Å². The minimum Gasteiger partial charge on any atom is -0.495 e. The lowest BCUT2D eigenvalue weighted by atomic mass is 9.89. The number of nitrogens with zero attached hydrogens (tertiary/aromatic N) is 1. The first-order chi connectivity index (χ1) is 21.3. The molecule has 0 atom stereocenters. The first-order valence-electron chi connectivity index (χ1n) is 13.3. The van der Waals surface area contributed by atoms with Gasteiger partial charge in [0.1, 0.15) is 23.0 Å². The summed E-state index contributed by atoms with van der Waals surface area (Å²) in [4.78, 5) is 40.1. The van der Waals surface area contributed by atoms with Gasteiger partial charge in [0.2, 0.25) is 5.78 Å². The van der Waals surface area contributed by atoms with Crippen molar-refractivity contribution in [2.24, 2.45) is 5.10 Å². The number of Topliss-reactive ketones (excluding diaryl/α,β-unsaturated/α-hetero) is 1. The number of hydrogen-bond donors (Lipinski definition) is 3. The number of amides is 2. The van der Waals surface area contributed by atoms with Crippen molar-refractivity contribution in [3.8, 4) is 17.2 Å². The number of anilines is 3. The Kier molecular flexibility index (Phi) is 8.92. The molecule has 0 unspecified atom stereocenters. The summed E-state index contributed by atoms with van der Waals surface area (Å²) >= 11 is 6.27. The number of hydrazone groups is 1. The maximum absolute atomic E-state index is 13.7. The maximum Gasteiger partial charge on any atom is 0.259 e. The molecule has 0 aromatic heterocycles. The van der Waals surface area contributed by atoms with Crippen LogP contribution in [-0.2, 0) is 9.59 Å². The monoisotopic (exact) mass is 610 g/mol. The molecule has 4 aromatic carbocycles. The van der Waals surface area contributed by atoms with E-state index in [1.54, 1.807) is 54.6 Å². The fraction of sp³-hybridized carbons (Fsp3) is 0.0909. The van der Waals surface area contributed by atoms with Crippen LogP contribution in [0.25, 0.3) is 6.08 Å². The van der Waals surface area contributed by atoms with Crippen LogP contribution in [0.5, 0.6) is 17.2 Å². The number of methoxy groups -OCH3 is 3. The van der Waals surface area contributed by atoms with Crippen LogP contribution in [0.3, 0.4) is 0 Å². The van der Waals surface area contributed by atoms with E-state index in [1.807, 2.05) is 18.2 Å². The van der Waals surface area contributed by atoms with E-state index in [9.17, 15) is 14.4 Å². The van der Waals surface area contributed by atoms with Crippen molar-refractivity contribution < 1.29 is 28.6 Å². The Morgan fingerprint density at radius 1 is 0.727 bits per heavy atom. The summed E-state index contributed by atoms with van der Waals surface area (Å²) in [6, 6.07) is 23.9. The van der Waals surface area contributed by atoms with E-state index in [4.69, 9.17) is 25.8 Å². The van der Waals surface area contributed by atoms with E-state index in [1.165, 1.54) is 39.5 Å². The maximum atomic E-state index is 13.7. The van der Waals surface area contributed by atoms with Gasteiger partial charge in [0.05, 0.1) is 43.3 Å². The van der Waals surface area contributed by atoms with E-state index in [2.05, 4.69) is 21.2 Å². The molecule has 10 nitrogen and oxygen atoms in total. The second-order valence-electron chi connectivity index (χ2n) is 9.42. The third-order valence-electron chi connectivity index (χ3n) is 6.72. The number of fused-ring (bicyclic) bond motifs is 1. The lowest BCUT2D eigenvalue weighted by molar-refractivity contribution is -0.116. The molecule has 4 aromatic rings. The van der Waals surface area contributed by atoms with E-state index in [0.29, 0.717) is 45.3 Å². The molecule has 5 rings (SSSR count). The van der Waals surface area contributed by atoms with E-state index >= 15 is 0 Å². The van der Waals surface area contributed by atoms with Gasteiger partial charge in [0.25, 0.3) is 11.8 Å². The number of rotatable bonds is 9. The largest absolute Gasteiger partial charge is 0.495 e. The van der Waals surface area contributed by atoms with Crippen LogP contribution < -0.4 is 30.3 Å². The second-order valence-corrected chi connectivity index (χ2v) is 9.83. The molecule has 0 saturated carbocycles. The summed E-state index contributed by atoms with van der Waals surface area (Å²) in [5, 5.41) is 10.2. The van der Waals surface area contributed by atoms with Gasteiger partial charge in [-0.3, -0.25) is 19.8 Å². The molecular formula is C33H27ClN4O6. The van der Waals surface area contributed by atoms with Gasteiger partial charge in [-0.05, 0) is 48.0 Å². The Labute approximate surface area is 258 Å². The van der Waals surface area contributed by atoms with Crippen LogP contribution in [0, 0.1) is 0 Å². The zero-order valence-corrected chi connectivity index (χ0v) is 24.7. The lowest BCUT2D eigenvalue weighted by Gasteiger charge is -2.19. The number of carbonyl (C=O) groups excluding carboxylic acids is 3. The molecule has 0 fully saturated rings. The number of halogens is 1. The Bertz CT molecular complexity index is 1820. The zero-order valence-electron chi connectivity index (χ0n) is 23.9. The highest BCUT2D eigenvalue weighted by Gasteiger charge is 2.31. The summed E-state index contributed by atoms with van der Waals surface area (Å²) in [6.07, 6.45) is 1.50. The average Bonchev–Trinajstić information content (AvgIpc) is 3.04. The summed E-state index contributed by atoms with van der Waals surface area (Å²) in [5.74, 6) is -0.606. The van der Waals surface area contributed by atoms with Gasteiger partial charge >= 0.3 is 0 Å². The zero-order chi connectivity index (χ0) is 31.2. The van der Waals surface area contributed by atoms with E-state index in [-0.39, 0.29) is 27.9 Å². The topological polar surface area (TPSA) is 127 Å².